The van der Waals surface area contributed by atoms with E-state index >= 15 is 0 Å². The van der Waals surface area contributed by atoms with Gasteiger partial charge in [-0.05, 0) is 6.04 Å². The standard InChI is InChI=1S/C10H17NO4Si/c1-16(2,3)7-6-10(14)15-11-8(12)4-5-9(11)13/h4-7H2,1-3H3. The Balaban J connectivity index is 2.40. The van der Waals surface area contributed by atoms with Gasteiger partial charge in [0.15, 0.2) is 0 Å². The monoisotopic (exact) mass is 243 g/mol. The third-order valence-corrected chi connectivity index (χ3v) is 4.03. The molecule has 0 atom stereocenters. The number of hydroxylamine groups is 2. The molecule has 0 aliphatic carbocycles. The number of hydrogen-bond acceptors (Lipinski definition) is 4. The van der Waals surface area contributed by atoms with Crippen molar-refractivity contribution in [2.24, 2.45) is 0 Å². The second-order valence-corrected chi connectivity index (χ2v) is 10.7. The number of carbonyl (C=O) groups is 3. The Morgan fingerprint density at radius 2 is 1.75 bits per heavy atom. The van der Waals surface area contributed by atoms with Crippen LogP contribution in [0.4, 0.5) is 0 Å². The quantitative estimate of drug-likeness (QED) is 0.552. The smallest absolute Gasteiger partial charge is 0.330 e. The first-order valence-electron chi connectivity index (χ1n) is 5.36. The maximum Gasteiger partial charge on any atom is 0.332 e. The zero-order chi connectivity index (χ0) is 12.3. The molecule has 2 amide bonds. The average molecular weight is 243 g/mol. The zero-order valence-corrected chi connectivity index (χ0v) is 10.9. The number of carbonyl (C=O) groups excluding carboxylic acids is 3. The molecule has 90 valence electrons. The number of rotatable bonds is 4. The van der Waals surface area contributed by atoms with E-state index in [1.165, 1.54) is 0 Å². The molecule has 1 aliphatic heterocycles. The maximum absolute atomic E-state index is 11.4. The van der Waals surface area contributed by atoms with Crippen LogP contribution < -0.4 is 0 Å². The molecular weight excluding hydrogens is 226 g/mol. The van der Waals surface area contributed by atoms with Crippen LogP contribution in [0, 0.1) is 0 Å². The first-order valence-corrected chi connectivity index (χ1v) is 9.07. The second-order valence-electron chi connectivity index (χ2n) is 5.11. The van der Waals surface area contributed by atoms with Crippen molar-refractivity contribution in [1.29, 1.82) is 0 Å². The van der Waals surface area contributed by atoms with Gasteiger partial charge < -0.3 is 4.84 Å². The predicted octanol–water partition coefficient (Wildman–Crippen LogP) is 1.32. The first kappa shape index (κ1) is 12.9. The summed E-state index contributed by atoms with van der Waals surface area (Å²) in [5.74, 6) is -1.34. The fourth-order valence-electron chi connectivity index (χ4n) is 1.28. The summed E-state index contributed by atoms with van der Waals surface area (Å²) in [6, 6.07) is 0.794. The highest BCUT2D eigenvalue weighted by atomic mass is 28.3. The van der Waals surface area contributed by atoms with E-state index in [1.807, 2.05) is 0 Å². The lowest BCUT2D eigenvalue weighted by Crippen LogP contribution is -2.32. The molecule has 1 rings (SSSR count). The van der Waals surface area contributed by atoms with Crippen LogP contribution in [0.25, 0.3) is 0 Å². The summed E-state index contributed by atoms with van der Waals surface area (Å²) in [4.78, 5) is 38.5. The van der Waals surface area contributed by atoms with Crippen LogP contribution >= 0.6 is 0 Å². The Bertz CT molecular complexity index is 305. The fourth-order valence-corrected chi connectivity index (χ4v) is 2.24. The predicted molar refractivity (Wildman–Crippen MR) is 59.9 cm³/mol. The van der Waals surface area contributed by atoms with E-state index in [2.05, 4.69) is 19.6 Å². The van der Waals surface area contributed by atoms with Gasteiger partial charge in [-0.25, -0.2) is 4.79 Å². The molecule has 0 bridgehead atoms. The molecule has 1 aliphatic rings. The largest absolute Gasteiger partial charge is 0.332 e. The van der Waals surface area contributed by atoms with E-state index < -0.39 is 25.9 Å². The molecule has 0 aromatic rings. The van der Waals surface area contributed by atoms with Crippen molar-refractivity contribution in [2.75, 3.05) is 0 Å². The Kier molecular flexibility index (Phi) is 3.85. The summed E-state index contributed by atoms with van der Waals surface area (Å²) in [5.41, 5.74) is 0. The molecule has 0 saturated carbocycles. The van der Waals surface area contributed by atoms with Crippen molar-refractivity contribution in [2.45, 2.75) is 44.9 Å². The lowest BCUT2D eigenvalue weighted by atomic mass is 10.4. The Morgan fingerprint density at radius 3 is 2.19 bits per heavy atom. The van der Waals surface area contributed by atoms with E-state index in [0.717, 1.165) is 6.04 Å². The summed E-state index contributed by atoms with van der Waals surface area (Å²) in [5, 5.41) is 0.604. The van der Waals surface area contributed by atoms with Crippen molar-refractivity contribution in [3.63, 3.8) is 0 Å². The van der Waals surface area contributed by atoms with Gasteiger partial charge >= 0.3 is 5.97 Å². The lowest BCUT2D eigenvalue weighted by molar-refractivity contribution is -0.197. The summed E-state index contributed by atoms with van der Waals surface area (Å²) >= 11 is 0. The van der Waals surface area contributed by atoms with Gasteiger partial charge in [0.05, 0.1) is 0 Å². The normalized spacial score (nSPS) is 16.8. The molecule has 0 unspecified atom stereocenters. The highest BCUT2D eigenvalue weighted by Crippen LogP contribution is 2.15. The van der Waals surface area contributed by atoms with E-state index in [9.17, 15) is 14.4 Å². The first-order chi connectivity index (χ1) is 7.29. The minimum Gasteiger partial charge on any atom is -0.330 e. The molecule has 0 spiro atoms. The number of hydrogen-bond donors (Lipinski definition) is 0. The third kappa shape index (κ3) is 3.77. The number of imide groups is 1. The van der Waals surface area contributed by atoms with Gasteiger partial charge in [-0.1, -0.05) is 19.6 Å². The van der Waals surface area contributed by atoms with Gasteiger partial charge in [-0.3, -0.25) is 9.59 Å². The summed E-state index contributed by atoms with van der Waals surface area (Å²) < 4.78 is 0. The molecule has 0 aromatic heterocycles. The summed E-state index contributed by atoms with van der Waals surface area (Å²) in [6.07, 6.45) is 0.549. The Morgan fingerprint density at radius 1 is 1.25 bits per heavy atom. The van der Waals surface area contributed by atoms with Crippen LogP contribution in [-0.2, 0) is 19.2 Å². The van der Waals surface area contributed by atoms with Crippen LogP contribution in [0.1, 0.15) is 19.3 Å². The summed E-state index contributed by atoms with van der Waals surface area (Å²) in [6.45, 7) is 6.44. The molecule has 5 nitrogen and oxygen atoms in total. The molecular formula is C10H17NO4Si. The van der Waals surface area contributed by atoms with Gasteiger partial charge in [0.2, 0.25) is 0 Å². The van der Waals surface area contributed by atoms with Gasteiger partial charge in [0.1, 0.15) is 0 Å². The van der Waals surface area contributed by atoms with Crippen LogP contribution in [-0.4, -0.2) is 30.9 Å². The molecule has 6 heteroatoms. The van der Waals surface area contributed by atoms with Crippen LogP contribution in [0.5, 0.6) is 0 Å². The van der Waals surface area contributed by atoms with Gasteiger partial charge in [-0.15, -0.1) is 5.06 Å². The highest BCUT2D eigenvalue weighted by molar-refractivity contribution is 6.76. The maximum atomic E-state index is 11.4. The fraction of sp³-hybridized carbons (Fsp3) is 0.700. The average Bonchev–Trinajstić information content (AvgIpc) is 2.45. The van der Waals surface area contributed by atoms with Crippen molar-refractivity contribution in [3.05, 3.63) is 0 Å². The van der Waals surface area contributed by atoms with Crippen LogP contribution in [0.15, 0.2) is 0 Å². The summed E-state index contributed by atoms with van der Waals surface area (Å²) in [7, 11) is -1.30. The molecule has 16 heavy (non-hydrogen) atoms. The zero-order valence-electron chi connectivity index (χ0n) is 9.91. The minimum atomic E-state index is -1.30. The minimum absolute atomic E-state index is 0.139. The molecule has 1 heterocycles. The topological polar surface area (TPSA) is 63.7 Å². The molecule has 1 saturated heterocycles. The van der Waals surface area contributed by atoms with Crippen LogP contribution in [0.2, 0.25) is 25.7 Å². The lowest BCUT2D eigenvalue weighted by Gasteiger charge is -2.16. The Labute approximate surface area is 95.7 Å². The number of nitrogens with zero attached hydrogens (tertiary/aromatic N) is 1. The molecule has 0 radical (unpaired) electrons. The van der Waals surface area contributed by atoms with Crippen molar-refractivity contribution >= 4 is 25.9 Å². The van der Waals surface area contributed by atoms with E-state index in [0.29, 0.717) is 5.06 Å². The number of amides is 2. The third-order valence-electron chi connectivity index (χ3n) is 2.28. The van der Waals surface area contributed by atoms with Crippen molar-refractivity contribution in [1.82, 2.24) is 5.06 Å². The van der Waals surface area contributed by atoms with Crippen molar-refractivity contribution in [3.8, 4) is 0 Å². The van der Waals surface area contributed by atoms with E-state index in [1.54, 1.807) is 0 Å². The Hall–Kier alpha value is -1.17. The molecule has 1 fully saturated rings. The van der Waals surface area contributed by atoms with Crippen molar-refractivity contribution < 1.29 is 19.2 Å². The van der Waals surface area contributed by atoms with Crippen LogP contribution in [0.3, 0.4) is 0 Å². The highest BCUT2D eigenvalue weighted by Gasteiger charge is 2.32. The van der Waals surface area contributed by atoms with Gasteiger partial charge in [0.25, 0.3) is 11.8 Å². The van der Waals surface area contributed by atoms with E-state index in [-0.39, 0.29) is 19.3 Å². The second kappa shape index (κ2) is 4.78. The molecule has 0 aromatic carbocycles. The van der Waals surface area contributed by atoms with Gasteiger partial charge in [-0.2, -0.15) is 0 Å². The molecule has 0 N–H and O–H groups in total. The van der Waals surface area contributed by atoms with E-state index in [4.69, 9.17) is 4.84 Å². The SMILES string of the molecule is C[Si](C)(C)CCC(=O)ON1C(=O)CCC1=O. The van der Waals surface area contributed by atoms with Gasteiger partial charge in [0, 0.05) is 27.3 Å².